The van der Waals surface area contributed by atoms with Crippen molar-refractivity contribution >= 4 is 27.6 Å². The first-order valence-corrected chi connectivity index (χ1v) is 5.58. The van der Waals surface area contributed by atoms with Crippen molar-refractivity contribution in [2.24, 2.45) is 0 Å². The highest BCUT2D eigenvalue weighted by Crippen LogP contribution is 2.31. The number of carboxylic acid groups (broad SMARTS) is 1. The number of rotatable bonds is 2. The molecule has 2 heterocycles. The van der Waals surface area contributed by atoms with E-state index in [4.69, 9.17) is 5.11 Å². The summed E-state index contributed by atoms with van der Waals surface area (Å²) in [5, 5.41) is 9.06. The fourth-order valence-electron chi connectivity index (χ4n) is 1.91. The van der Waals surface area contributed by atoms with Crippen LogP contribution in [0.4, 0.5) is 5.69 Å². The topological polar surface area (TPSA) is 53.4 Å². The summed E-state index contributed by atoms with van der Waals surface area (Å²) in [5.41, 5.74) is 0.912. The van der Waals surface area contributed by atoms with Crippen LogP contribution in [0.2, 0.25) is 0 Å². The summed E-state index contributed by atoms with van der Waals surface area (Å²) < 4.78 is 0.846. The van der Waals surface area contributed by atoms with Gasteiger partial charge in [0.05, 0.1) is 10.2 Å². The van der Waals surface area contributed by atoms with Crippen molar-refractivity contribution in [1.29, 1.82) is 0 Å². The van der Waals surface area contributed by atoms with Crippen molar-refractivity contribution in [2.75, 3.05) is 11.4 Å². The van der Waals surface area contributed by atoms with Crippen molar-refractivity contribution in [3.05, 3.63) is 22.9 Å². The van der Waals surface area contributed by atoms with E-state index in [0.29, 0.717) is 6.42 Å². The van der Waals surface area contributed by atoms with E-state index < -0.39 is 12.0 Å². The molecule has 2 rings (SSSR count). The molecule has 0 saturated carbocycles. The van der Waals surface area contributed by atoms with Crippen LogP contribution in [0, 0.1) is 0 Å². The number of hydrogen-bond acceptors (Lipinski definition) is 3. The molecule has 0 bridgehead atoms. The molecule has 5 heteroatoms. The number of halogens is 1. The zero-order valence-corrected chi connectivity index (χ0v) is 9.64. The van der Waals surface area contributed by atoms with E-state index in [9.17, 15) is 4.79 Å². The van der Waals surface area contributed by atoms with E-state index in [1.165, 1.54) is 0 Å². The summed E-state index contributed by atoms with van der Waals surface area (Å²) in [6.07, 6.45) is 5.00. The Morgan fingerprint density at radius 3 is 3.13 bits per heavy atom. The first-order chi connectivity index (χ1) is 7.20. The maximum Gasteiger partial charge on any atom is 0.326 e. The molecule has 1 aromatic heterocycles. The van der Waals surface area contributed by atoms with Gasteiger partial charge >= 0.3 is 5.97 Å². The fraction of sp³-hybridized carbons (Fsp3) is 0.400. The number of carbonyl (C=O) groups is 1. The van der Waals surface area contributed by atoms with Crippen LogP contribution in [-0.2, 0) is 4.79 Å². The van der Waals surface area contributed by atoms with Gasteiger partial charge in [-0.3, -0.25) is 4.98 Å². The predicted molar refractivity (Wildman–Crippen MR) is 59.9 cm³/mol. The molecule has 1 saturated heterocycles. The number of nitrogens with zero attached hydrogens (tertiary/aromatic N) is 2. The van der Waals surface area contributed by atoms with E-state index in [1.807, 2.05) is 11.0 Å². The lowest BCUT2D eigenvalue weighted by molar-refractivity contribution is -0.138. The summed E-state index contributed by atoms with van der Waals surface area (Å²) in [4.78, 5) is 16.9. The normalized spacial score (nSPS) is 20.6. The molecule has 4 nitrogen and oxygen atoms in total. The van der Waals surface area contributed by atoms with Crippen LogP contribution in [0.15, 0.2) is 22.9 Å². The average Bonchev–Trinajstić information content (AvgIpc) is 2.67. The van der Waals surface area contributed by atoms with Gasteiger partial charge in [0.25, 0.3) is 0 Å². The molecule has 0 aliphatic carbocycles. The average molecular weight is 271 g/mol. The number of aromatic nitrogens is 1. The summed E-state index contributed by atoms with van der Waals surface area (Å²) in [6.45, 7) is 0.791. The lowest BCUT2D eigenvalue weighted by Gasteiger charge is -2.24. The second-order valence-corrected chi connectivity index (χ2v) is 4.37. The molecule has 1 aliphatic heterocycles. The quantitative estimate of drug-likeness (QED) is 0.892. The first kappa shape index (κ1) is 10.4. The van der Waals surface area contributed by atoms with Crippen LogP contribution < -0.4 is 4.90 Å². The molecular weight excluding hydrogens is 260 g/mol. The third kappa shape index (κ3) is 1.97. The second kappa shape index (κ2) is 4.18. The Balaban J connectivity index is 2.30. The number of pyridine rings is 1. The van der Waals surface area contributed by atoms with Crippen molar-refractivity contribution < 1.29 is 9.90 Å². The zero-order valence-electron chi connectivity index (χ0n) is 8.06. The standard InChI is InChI=1S/C10H11BrN2O2/c11-7-6-12-4-3-8(7)13-5-1-2-9(13)10(14)15/h3-4,6,9H,1-2,5H2,(H,14,15)/t9-/m0/s1. The maximum absolute atomic E-state index is 11.0. The fourth-order valence-corrected chi connectivity index (χ4v) is 2.39. The summed E-state index contributed by atoms with van der Waals surface area (Å²) in [7, 11) is 0. The molecule has 0 unspecified atom stereocenters. The van der Waals surface area contributed by atoms with Crippen LogP contribution in [0.25, 0.3) is 0 Å². The SMILES string of the molecule is O=C(O)[C@@H]1CCCN1c1ccncc1Br. The largest absolute Gasteiger partial charge is 0.480 e. The van der Waals surface area contributed by atoms with E-state index >= 15 is 0 Å². The third-order valence-corrected chi connectivity index (χ3v) is 3.21. The minimum atomic E-state index is -0.754. The van der Waals surface area contributed by atoms with Gasteiger partial charge < -0.3 is 10.0 Å². The Morgan fingerprint density at radius 2 is 2.47 bits per heavy atom. The highest BCUT2D eigenvalue weighted by atomic mass is 79.9. The van der Waals surface area contributed by atoms with E-state index in [-0.39, 0.29) is 0 Å². The molecule has 0 aromatic carbocycles. The third-order valence-electron chi connectivity index (χ3n) is 2.60. The van der Waals surface area contributed by atoms with Gasteiger partial charge in [-0.05, 0) is 34.8 Å². The highest BCUT2D eigenvalue weighted by molar-refractivity contribution is 9.10. The predicted octanol–water partition coefficient (Wildman–Crippen LogP) is 1.90. The second-order valence-electron chi connectivity index (χ2n) is 3.52. The number of aliphatic carboxylic acids is 1. The van der Waals surface area contributed by atoms with Crippen molar-refractivity contribution in [3.63, 3.8) is 0 Å². The lowest BCUT2D eigenvalue weighted by atomic mass is 10.2. The molecule has 15 heavy (non-hydrogen) atoms. The monoisotopic (exact) mass is 270 g/mol. The van der Waals surface area contributed by atoms with Gasteiger partial charge in [-0.25, -0.2) is 4.79 Å². The first-order valence-electron chi connectivity index (χ1n) is 4.79. The smallest absolute Gasteiger partial charge is 0.326 e. The van der Waals surface area contributed by atoms with Gasteiger partial charge in [0.1, 0.15) is 6.04 Å². The number of anilines is 1. The van der Waals surface area contributed by atoms with Crippen LogP contribution in [0.3, 0.4) is 0 Å². The minimum Gasteiger partial charge on any atom is -0.480 e. The number of carboxylic acids is 1. The Labute approximate surface area is 96.1 Å². The maximum atomic E-state index is 11.0. The molecule has 1 fully saturated rings. The van der Waals surface area contributed by atoms with Gasteiger partial charge in [0.15, 0.2) is 0 Å². The molecule has 0 amide bonds. The molecule has 0 radical (unpaired) electrons. The lowest BCUT2D eigenvalue weighted by Crippen LogP contribution is -2.36. The molecular formula is C10H11BrN2O2. The molecule has 1 aromatic rings. The molecule has 1 aliphatic rings. The Hall–Kier alpha value is -1.10. The van der Waals surface area contributed by atoms with Gasteiger partial charge in [0, 0.05) is 18.9 Å². The zero-order chi connectivity index (χ0) is 10.8. The molecule has 1 N–H and O–H groups in total. The van der Waals surface area contributed by atoms with E-state index in [2.05, 4.69) is 20.9 Å². The van der Waals surface area contributed by atoms with Gasteiger partial charge in [-0.15, -0.1) is 0 Å². The van der Waals surface area contributed by atoms with Crippen molar-refractivity contribution in [2.45, 2.75) is 18.9 Å². The molecule has 0 spiro atoms. The van der Waals surface area contributed by atoms with E-state index in [1.54, 1.807) is 12.4 Å². The number of hydrogen-bond donors (Lipinski definition) is 1. The molecule has 80 valence electrons. The van der Waals surface area contributed by atoms with Crippen LogP contribution >= 0.6 is 15.9 Å². The van der Waals surface area contributed by atoms with Crippen LogP contribution in [-0.4, -0.2) is 28.6 Å². The highest BCUT2D eigenvalue weighted by Gasteiger charge is 2.31. The summed E-state index contributed by atoms with van der Waals surface area (Å²) in [5.74, 6) is -0.754. The van der Waals surface area contributed by atoms with Gasteiger partial charge in [0.2, 0.25) is 0 Å². The Morgan fingerprint density at radius 1 is 1.67 bits per heavy atom. The van der Waals surface area contributed by atoms with Crippen molar-refractivity contribution in [3.8, 4) is 0 Å². The Kier molecular flexibility index (Phi) is 2.90. The van der Waals surface area contributed by atoms with Crippen LogP contribution in [0.5, 0.6) is 0 Å². The van der Waals surface area contributed by atoms with Crippen molar-refractivity contribution in [1.82, 2.24) is 4.98 Å². The minimum absolute atomic E-state index is 0.399. The van der Waals surface area contributed by atoms with Gasteiger partial charge in [-0.1, -0.05) is 0 Å². The van der Waals surface area contributed by atoms with Crippen LogP contribution in [0.1, 0.15) is 12.8 Å². The Bertz CT molecular complexity index is 383. The van der Waals surface area contributed by atoms with Gasteiger partial charge in [-0.2, -0.15) is 0 Å². The summed E-state index contributed by atoms with van der Waals surface area (Å²) >= 11 is 3.39. The molecule has 1 atom stereocenters. The summed E-state index contributed by atoms with van der Waals surface area (Å²) in [6, 6.07) is 1.44. The van der Waals surface area contributed by atoms with E-state index in [0.717, 1.165) is 23.1 Å².